The summed E-state index contributed by atoms with van der Waals surface area (Å²) in [5.74, 6) is 1.15. The van der Waals surface area contributed by atoms with Crippen LogP contribution in [-0.2, 0) is 16.1 Å². The molecule has 5 heteroatoms. The Hall–Kier alpha value is -2.04. The first-order valence-electron chi connectivity index (χ1n) is 6.04. The predicted octanol–water partition coefficient (Wildman–Crippen LogP) is 1.69. The fourth-order valence-electron chi connectivity index (χ4n) is 1.57. The third kappa shape index (κ3) is 4.99. The van der Waals surface area contributed by atoms with E-state index in [1.165, 1.54) is 6.92 Å². The van der Waals surface area contributed by atoms with Crippen molar-refractivity contribution in [3.63, 3.8) is 0 Å². The molecule has 0 unspecified atom stereocenters. The topological polar surface area (TPSA) is 64.6 Å². The van der Waals surface area contributed by atoms with Gasteiger partial charge in [0.15, 0.2) is 11.5 Å². The van der Waals surface area contributed by atoms with E-state index in [2.05, 4.69) is 5.32 Å². The van der Waals surface area contributed by atoms with E-state index >= 15 is 0 Å². The molecule has 0 aliphatic rings. The normalized spacial score (nSPS) is 9.84. The molecule has 1 rings (SSSR count). The zero-order chi connectivity index (χ0) is 14.3. The van der Waals surface area contributed by atoms with Gasteiger partial charge in [0.2, 0.25) is 5.91 Å². The highest BCUT2D eigenvalue weighted by atomic mass is 16.5. The lowest BCUT2D eigenvalue weighted by Crippen LogP contribution is -2.23. The number of hydrogen-bond donors (Lipinski definition) is 1. The van der Waals surface area contributed by atoms with E-state index in [4.69, 9.17) is 9.47 Å². The van der Waals surface area contributed by atoms with Gasteiger partial charge in [0, 0.05) is 19.4 Å². The number of amides is 1. The number of benzene rings is 1. The highest BCUT2D eigenvalue weighted by Gasteiger charge is 2.06. The van der Waals surface area contributed by atoms with Crippen molar-refractivity contribution in [1.82, 2.24) is 5.32 Å². The molecule has 0 saturated heterocycles. The summed E-state index contributed by atoms with van der Waals surface area (Å²) in [6.07, 6.45) is 0.500. The molecule has 0 bridgehead atoms. The summed E-state index contributed by atoms with van der Waals surface area (Å²) in [6, 6.07) is 5.45. The Morgan fingerprint density at radius 2 is 1.79 bits per heavy atom. The minimum absolute atomic E-state index is 0.0151. The molecule has 1 aromatic carbocycles. The monoisotopic (exact) mass is 265 g/mol. The first kappa shape index (κ1) is 15.0. The van der Waals surface area contributed by atoms with Gasteiger partial charge in [-0.3, -0.25) is 4.79 Å². The quantitative estimate of drug-likeness (QED) is 0.814. The van der Waals surface area contributed by atoms with Crippen molar-refractivity contribution >= 4 is 11.7 Å². The summed E-state index contributed by atoms with van der Waals surface area (Å²) in [4.78, 5) is 22.2. The van der Waals surface area contributed by atoms with Gasteiger partial charge in [0.25, 0.3) is 0 Å². The molecule has 0 fully saturated rings. The SMILES string of the molecule is COc1ccc(CNC(=O)CCC(C)=O)cc1OC. The molecular weight excluding hydrogens is 246 g/mol. The second-order valence-electron chi connectivity index (χ2n) is 4.17. The molecule has 19 heavy (non-hydrogen) atoms. The van der Waals surface area contributed by atoms with Crippen molar-refractivity contribution in [1.29, 1.82) is 0 Å². The number of carbonyl (C=O) groups is 2. The van der Waals surface area contributed by atoms with Crippen LogP contribution in [0.2, 0.25) is 0 Å². The fraction of sp³-hybridized carbons (Fsp3) is 0.429. The third-order valence-corrected chi connectivity index (χ3v) is 2.64. The lowest BCUT2D eigenvalue weighted by atomic mass is 10.2. The Bertz CT molecular complexity index is 457. The Morgan fingerprint density at radius 3 is 2.37 bits per heavy atom. The van der Waals surface area contributed by atoms with Gasteiger partial charge in [-0.1, -0.05) is 6.07 Å². The maximum absolute atomic E-state index is 11.5. The zero-order valence-corrected chi connectivity index (χ0v) is 11.5. The number of nitrogens with one attached hydrogen (secondary N) is 1. The smallest absolute Gasteiger partial charge is 0.220 e. The maximum atomic E-state index is 11.5. The average molecular weight is 265 g/mol. The van der Waals surface area contributed by atoms with Gasteiger partial charge >= 0.3 is 0 Å². The number of hydrogen-bond acceptors (Lipinski definition) is 4. The minimum Gasteiger partial charge on any atom is -0.493 e. The number of ether oxygens (including phenoxy) is 2. The van der Waals surface area contributed by atoms with E-state index in [1.807, 2.05) is 12.1 Å². The fourth-order valence-corrected chi connectivity index (χ4v) is 1.57. The standard InChI is InChI=1S/C14H19NO4/c1-10(16)4-7-14(17)15-9-11-5-6-12(18-2)13(8-11)19-3/h5-6,8H,4,7,9H2,1-3H3,(H,15,17). The first-order valence-corrected chi connectivity index (χ1v) is 6.04. The number of rotatable bonds is 7. The summed E-state index contributed by atoms with van der Waals surface area (Å²) < 4.78 is 10.3. The molecule has 0 spiro atoms. The average Bonchev–Trinajstić information content (AvgIpc) is 2.42. The summed E-state index contributed by atoms with van der Waals surface area (Å²) in [5, 5.41) is 2.76. The van der Waals surface area contributed by atoms with E-state index in [0.29, 0.717) is 18.0 Å². The van der Waals surface area contributed by atoms with Gasteiger partial charge in [-0.15, -0.1) is 0 Å². The molecule has 0 radical (unpaired) electrons. The number of carbonyl (C=O) groups excluding carboxylic acids is 2. The zero-order valence-electron chi connectivity index (χ0n) is 11.5. The molecule has 104 valence electrons. The van der Waals surface area contributed by atoms with Crippen molar-refractivity contribution in [2.75, 3.05) is 14.2 Å². The van der Waals surface area contributed by atoms with E-state index in [9.17, 15) is 9.59 Å². The molecule has 0 aromatic heterocycles. The Labute approximate surface area is 112 Å². The Kier molecular flexibility index (Phi) is 5.85. The van der Waals surface area contributed by atoms with Crippen LogP contribution < -0.4 is 14.8 Å². The summed E-state index contributed by atoms with van der Waals surface area (Å²) >= 11 is 0. The number of methoxy groups -OCH3 is 2. The highest BCUT2D eigenvalue weighted by Crippen LogP contribution is 2.27. The van der Waals surface area contributed by atoms with Gasteiger partial charge in [-0.25, -0.2) is 0 Å². The van der Waals surface area contributed by atoms with Gasteiger partial charge in [-0.05, 0) is 24.6 Å². The molecule has 1 aromatic rings. The van der Waals surface area contributed by atoms with Crippen molar-refractivity contribution in [2.24, 2.45) is 0 Å². The van der Waals surface area contributed by atoms with Gasteiger partial charge < -0.3 is 19.6 Å². The molecule has 0 saturated carbocycles. The molecule has 1 amide bonds. The van der Waals surface area contributed by atoms with Crippen LogP contribution in [0.4, 0.5) is 0 Å². The van der Waals surface area contributed by atoms with Crippen LogP contribution in [0.1, 0.15) is 25.3 Å². The second-order valence-corrected chi connectivity index (χ2v) is 4.17. The number of Topliss-reactive ketones (excluding diaryl/α,β-unsaturated/α-hetero) is 1. The van der Waals surface area contributed by atoms with Crippen LogP contribution in [-0.4, -0.2) is 25.9 Å². The Balaban J connectivity index is 2.53. The predicted molar refractivity (Wildman–Crippen MR) is 71.3 cm³/mol. The van der Waals surface area contributed by atoms with Crippen molar-refractivity contribution in [3.05, 3.63) is 23.8 Å². The van der Waals surface area contributed by atoms with Gasteiger partial charge in [-0.2, -0.15) is 0 Å². The first-order chi connectivity index (χ1) is 9.06. The molecular formula is C14H19NO4. The lowest BCUT2D eigenvalue weighted by Gasteiger charge is -2.10. The lowest BCUT2D eigenvalue weighted by molar-refractivity contribution is -0.124. The third-order valence-electron chi connectivity index (χ3n) is 2.64. The molecule has 0 atom stereocenters. The highest BCUT2D eigenvalue weighted by molar-refractivity contribution is 5.83. The second kappa shape index (κ2) is 7.41. The molecule has 5 nitrogen and oxygen atoms in total. The van der Waals surface area contributed by atoms with Crippen LogP contribution in [0, 0.1) is 0 Å². The van der Waals surface area contributed by atoms with Crippen molar-refractivity contribution in [2.45, 2.75) is 26.3 Å². The maximum Gasteiger partial charge on any atom is 0.220 e. The van der Waals surface area contributed by atoms with Gasteiger partial charge in [0.05, 0.1) is 14.2 Å². The van der Waals surface area contributed by atoms with E-state index in [-0.39, 0.29) is 24.5 Å². The minimum atomic E-state index is -0.134. The van der Waals surface area contributed by atoms with Gasteiger partial charge in [0.1, 0.15) is 5.78 Å². The largest absolute Gasteiger partial charge is 0.493 e. The Morgan fingerprint density at radius 1 is 1.11 bits per heavy atom. The van der Waals surface area contributed by atoms with E-state index < -0.39 is 0 Å². The summed E-state index contributed by atoms with van der Waals surface area (Å²) in [7, 11) is 3.13. The van der Waals surface area contributed by atoms with E-state index in [1.54, 1.807) is 20.3 Å². The van der Waals surface area contributed by atoms with E-state index in [0.717, 1.165) is 5.56 Å². The number of ketones is 1. The van der Waals surface area contributed by atoms with Crippen molar-refractivity contribution in [3.8, 4) is 11.5 Å². The molecule has 0 aliphatic carbocycles. The molecule has 1 N–H and O–H groups in total. The van der Waals surface area contributed by atoms with Crippen LogP contribution in [0.5, 0.6) is 11.5 Å². The molecule has 0 aliphatic heterocycles. The summed E-state index contributed by atoms with van der Waals surface area (Å²) in [5.41, 5.74) is 0.911. The van der Waals surface area contributed by atoms with Crippen LogP contribution in [0.3, 0.4) is 0 Å². The van der Waals surface area contributed by atoms with Crippen LogP contribution in [0.25, 0.3) is 0 Å². The van der Waals surface area contributed by atoms with Crippen LogP contribution >= 0.6 is 0 Å². The summed E-state index contributed by atoms with van der Waals surface area (Å²) in [6.45, 7) is 1.87. The van der Waals surface area contributed by atoms with Crippen LogP contribution in [0.15, 0.2) is 18.2 Å². The molecule has 0 heterocycles. The van der Waals surface area contributed by atoms with Crippen molar-refractivity contribution < 1.29 is 19.1 Å².